The van der Waals surface area contributed by atoms with Crippen LogP contribution >= 0.6 is 23.2 Å². The Morgan fingerprint density at radius 1 is 1.15 bits per heavy atom. The second-order valence-corrected chi connectivity index (χ2v) is 11.4. The van der Waals surface area contributed by atoms with Crippen molar-refractivity contribution in [2.45, 2.75) is 38.3 Å². The van der Waals surface area contributed by atoms with E-state index in [0.29, 0.717) is 41.1 Å². The van der Waals surface area contributed by atoms with Crippen LogP contribution in [0.5, 0.6) is 5.88 Å². The van der Waals surface area contributed by atoms with Crippen LogP contribution in [0.3, 0.4) is 0 Å². The van der Waals surface area contributed by atoms with Crippen LogP contribution in [0.2, 0.25) is 10.0 Å². The lowest BCUT2D eigenvalue weighted by Crippen LogP contribution is -2.39. The molecule has 10 nitrogen and oxygen atoms in total. The third-order valence-corrected chi connectivity index (χ3v) is 8.43. The van der Waals surface area contributed by atoms with Crippen LogP contribution in [0.15, 0.2) is 42.6 Å². The highest BCUT2D eigenvalue weighted by molar-refractivity contribution is 6.40. The number of benzene rings is 2. The Morgan fingerprint density at radius 3 is 2.76 bits per heavy atom. The van der Waals surface area contributed by atoms with E-state index in [1.54, 1.807) is 18.2 Å². The van der Waals surface area contributed by atoms with Crippen molar-refractivity contribution in [3.8, 4) is 5.88 Å². The topological polar surface area (TPSA) is 120 Å². The summed E-state index contributed by atoms with van der Waals surface area (Å²) >= 11 is 12.6. The number of carbonyl (C=O) groups is 2. The zero-order valence-corrected chi connectivity index (χ0v) is 23.8. The van der Waals surface area contributed by atoms with E-state index < -0.39 is 0 Å². The first-order chi connectivity index (χ1) is 19.9. The number of fused-ring (bicyclic) bond motifs is 2. The highest BCUT2D eigenvalue weighted by atomic mass is 35.5. The van der Waals surface area contributed by atoms with Crippen LogP contribution in [0.1, 0.15) is 40.7 Å². The molecule has 2 unspecified atom stereocenters. The molecule has 2 atom stereocenters. The number of aliphatic hydroxyl groups excluding tert-OH is 1. The number of rotatable bonds is 7. The van der Waals surface area contributed by atoms with E-state index in [1.165, 1.54) is 22.2 Å². The number of hydrogen-bond donors (Lipinski definition) is 3. The van der Waals surface area contributed by atoms with Gasteiger partial charge in [-0.3, -0.25) is 19.4 Å². The Labute approximate surface area is 247 Å². The van der Waals surface area contributed by atoms with Gasteiger partial charge in [-0.2, -0.15) is 4.98 Å². The van der Waals surface area contributed by atoms with Crippen molar-refractivity contribution < 1.29 is 19.4 Å². The van der Waals surface area contributed by atoms with Crippen molar-refractivity contribution in [3.63, 3.8) is 0 Å². The van der Waals surface area contributed by atoms with Gasteiger partial charge in [-0.25, -0.2) is 4.98 Å². The first-order valence-corrected chi connectivity index (χ1v) is 14.4. The lowest BCUT2D eigenvalue weighted by atomic mass is 9.99. The molecule has 214 valence electrons. The van der Waals surface area contributed by atoms with Gasteiger partial charge in [0.2, 0.25) is 17.7 Å². The van der Waals surface area contributed by atoms with Gasteiger partial charge >= 0.3 is 0 Å². The number of anilines is 3. The molecule has 2 aromatic carbocycles. The first-order valence-electron chi connectivity index (χ1n) is 13.7. The number of ether oxygens (including phenoxy) is 1. The van der Waals surface area contributed by atoms with Gasteiger partial charge in [-0.1, -0.05) is 35.3 Å². The van der Waals surface area contributed by atoms with E-state index >= 15 is 0 Å². The Bertz CT molecular complexity index is 1470. The summed E-state index contributed by atoms with van der Waals surface area (Å²) in [5.41, 5.74) is 3.93. The fraction of sp³-hybridized carbons (Fsp3) is 0.379. The molecule has 0 spiro atoms. The van der Waals surface area contributed by atoms with Crippen LogP contribution in [-0.4, -0.2) is 64.3 Å². The molecule has 3 N–H and O–H groups in total. The van der Waals surface area contributed by atoms with Crippen molar-refractivity contribution in [2.75, 3.05) is 36.6 Å². The molecule has 0 bridgehead atoms. The van der Waals surface area contributed by atoms with Gasteiger partial charge in [0.15, 0.2) is 6.73 Å². The maximum Gasteiger partial charge on any atom is 0.268 e. The van der Waals surface area contributed by atoms with Crippen LogP contribution in [0.25, 0.3) is 0 Å². The van der Waals surface area contributed by atoms with E-state index in [2.05, 4.69) is 37.6 Å². The fourth-order valence-corrected chi connectivity index (χ4v) is 6.21. The smallest absolute Gasteiger partial charge is 0.268 e. The molecule has 0 radical (unpaired) electrons. The van der Waals surface area contributed by atoms with Crippen molar-refractivity contribution in [3.05, 3.63) is 69.3 Å². The number of nitrogens with one attached hydrogen (secondary N) is 2. The average Bonchev–Trinajstić information content (AvgIpc) is 3.40. The van der Waals surface area contributed by atoms with Crippen molar-refractivity contribution in [1.29, 1.82) is 0 Å². The summed E-state index contributed by atoms with van der Waals surface area (Å²) < 4.78 is 5.79. The Hall–Kier alpha value is -3.44. The lowest BCUT2D eigenvalue weighted by molar-refractivity contribution is -0.125. The molecule has 1 aromatic heterocycles. The Kier molecular flexibility index (Phi) is 7.99. The van der Waals surface area contributed by atoms with Crippen LogP contribution in [0, 0.1) is 5.92 Å². The Morgan fingerprint density at radius 2 is 1.98 bits per heavy atom. The van der Waals surface area contributed by atoms with Crippen LogP contribution in [0.4, 0.5) is 17.3 Å². The summed E-state index contributed by atoms with van der Waals surface area (Å²) in [7, 11) is 0. The van der Waals surface area contributed by atoms with Crippen molar-refractivity contribution >= 4 is 52.3 Å². The third kappa shape index (κ3) is 5.97. The zero-order valence-electron chi connectivity index (χ0n) is 22.3. The molecule has 3 aromatic rings. The minimum absolute atomic E-state index is 0.0520. The molecular formula is C29H30Cl2N6O4. The molecule has 1 saturated carbocycles. The summed E-state index contributed by atoms with van der Waals surface area (Å²) in [6.07, 6.45) is 4.02. The second-order valence-electron chi connectivity index (χ2n) is 10.6. The predicted octanol–water partition coefficient (Wildman–Crippen LogP) is 4.16. The van der Waals surface area contributed by atoms with Crippen LogP contribution in [-0.2, 0) is 17.8 Å². The van der Waals surface area contributed by atoms with E-state index in [1.807, 2.05) is 6.07 Å². The van der Waals surface area contributed by atoms with E-state index in [0.717, 1.165) is 38.2 Å². The molecule has 12 heteroatoms. The van der Waals surface area contributed by atoms with Crippen molar-refractivity contribution in [2.24, 2.45) is 5.92 Å². The molecular weight excluding hydrogens is 567 g/mol. The standard InChI is InChI=1S/C29H30Cl2N6O4/c30-23-2-1-3-24(31)25(23)37-16-41-27-22(28(37)40)14-33-29(35-27)34-20-6-4-19-15-36(10-8-17(19)12-20)11-9-32-26(39)18-5-7-21(38)13-18/h1-4,6,12,14,18,21,38H,5,7-11,13,15-16H2,(H,32,39)(H,33,34,35). The number of aromatic nitrogens is 2. The van der Waals surface area contributed by atoms with Gasteiger partial charge < -0.3 is 20.5 Å². The van der Waals surface area contributed by atoms with Crippen molar-refractivity contribution in [1.82, 2.24) is 20.2 Å². The van der Waals surface area contributed by atoms with Gasteiger partial charge in [0, 0.05) is 44.0 Å². The Balaban J connectivity index is 1.05. The number of halogens is 2. The molecule has 41 heavy (non-hydrogen) atoms. The number of nitrogens with zero attached hydrogens (tertiary/aromatic N) is 4. The molecule has 3 aliphatic rings. The largest absolute Gasteiger partial charge is 0.455 e. The highest BCUT2D eigenvalue weighted by Gasteiger charge is 2.32. The lowest BCUT2D eigenvalue weighted by Gasteiger charge is -2.29. The first kappa shape index (κ1) is 27.7. The minimum Gasteiger partial charge on any atom is -0.455 e. The fourth-order valence-electron chi connectivity index (χ4n) is 5.61. The van der Waals surface area contributed by atoms with E-state index in [4.69, 9.17) is 27.9 Å². The van der Waals surface area contributed by atoms with Gasteiger partial charge in [0.1, 0.15) is 5.56 Å². The zero-order chi connectivity index (χ0) is 28.5. The summed E-state index contributed by atoms with van der Waals surface area (Å²) in [6, 6.07) is 11.2. The van der Waals surface area contributed by atoms with Gasteiger partial charge in [0.05, 0.1) is 21.8 Å². The quantitative estimate of drug-likeness (QED) is 0.372. The minimum atomic E-state index is -0.344. The van der Waals surface area contributed by atoms with E-state index in [9.17, 15) is 14.7 Å². The summed E-state index contributed by atoms with van der Waals surface area (Å²) in [6.45, 7) is 3.01. The number of aliphatic hydroxyl groups is 1. The predicted molar refractivity (Wildman–Crippen MR) is 156 cm³/mol. The molecule has 1 aliphatic carbocycles. The summed E-state index contributed by atoms with van der Waals surface area (Å²) in [5.74, 6) is 0.158. The normalized spacial score (nSPS) is 20.3. The number of hydrogen-bond acceptors (Lipinski definition) is 8. The summed E-state index contributed by atoms with van der Waals surface area (Å²) in [4.78, 5) is 37.9. The van der Waals surface area contributed by atoms with E-state index in [-0.39, 0.29) is 42.0 Å². The average molecular weight is 598 g/mol. The maximum atomic E-state index is 13.1. The third-order valence-electron chi connectivity index (χ3n) is 7.82. The van der Waals surface area contributed by atoms with Gasteiger partial charge in [0.25, 0.3) is 5.91 Å². The summed E-state index contributed by atoms with van der Waals surface area (Å²) in [5, 5.41) is 16.6. The maximum absolute atomic E-state index is 13.1. The molecule has 6 rings (SSSR count). The SMILES string of the molecule is O=C(NCCN1CCc2cc(Nc3ncc4c(n3)OCN(c3c(Cl)cccc3Cl)C4=O)ccc2C1)C1CCC(O)C1. The van der Waals surface area contributed by atoms with Gasteiger partial charge in [-0.15, -0.1) is 0 Å². The van der Waals surface area contributed by atoms with Crippen LogP contribution < -0.4 is 20.3 Å². The molecule has 2 amide bonds. The molecule has 1 fully saturated rings. The number of para-hydroxylation sites is 1. The number of carbonyl (C=O) groups excluding carboxylic acids is 2. The van der Waals surface area contributed by atoms with Gasteiger partial charge in [-0.05, 0) is 61.1 Å². The molecule has 0 saturated heterocycles. The molecule has 2 aliphatic heterocycles. The highest BCUT2D eigenvalue weighted by Crippen LogP contribution is 2.37. The number of amides is 2. The molecule has 3 heterocycles. The second kappa shape index (κ2) is 11.8. The monoisotopic (exact) mass is 596 g/mol.